The standard InChI is InChI=1S/C22H30N2O4S/c1-4-6-7-16-23-22(25)17-28-20-12-10-19(11-13-20)24(5-2)29(26,27)21-14-8-18(3)9-15-21/h8-15H,4-7,16-17H2,1-3H3,(H,23,25). The zero-order chi connectivity index (χ0) is 21.3. The molecule has 0 spiro atoms. The van der Waals surface area contributed by atoms with Crippen LogP contribution in [0.25, 0.3) is 0 Å². The number of benzene rings is 2. The van der Waals surface area contributed by atoms with Crippen LogP contribution in [0.2, 0.25) is 0 Å². The molecular weight excluding hydrogens is 388 g/mol. The molecule has 0 aromatic heterocycles. The maximum atomic E-state index is 13.0. The Labute approximate surface area is 173 Å². The molecule has 0 atom stereocenters. The van der Waals surface area contributed by atoms with Gasteiger partial charge in [0.1, 0.15) is 5.75 Å². The quantitative estimate of drug-likeness (QED) is 0.562. The Morgan fingerprint density at radius 2 is 1.66 bits per heavy atom. The van der Waals surface area contributed by atoms with Crippen molar-refractivity contribution in [1.29, 1.82) is 0 Å². The van der Waals surface area contributed by atoms with Gasteiger partial charge in [-0.1, -0.05) is 37.5 Å². The molecule has 0 saturated heterocycles. The lowest BCUT2D eigenvalue weighted by atomic mass is 10.2. The largest absolute Gasteiger partial charge is 0.484 e. The smallest absolute Gasteiger partial charge is 0.264 e. The van der Waals surface area contributed by atoms with Gasteiger partial charge in [-0.2, -0.15) is 0 Å². The SMILES string of the molecule is CCCCCNC(=O)COc1ccc(N(CC)S(=O)(=O)c2ccc(C)cc2)cc1. The van der Waals surface area contributed by atoms with Gasteiger partial charge in [0.05, 0.1) is 10.6 Å². The second kappa shape index (κ2) is 10.9. The van der Waals surface area contributed by atoms with Crippen molar-refractivity contribution in [1.82, 2.24) is 5.32 Å². The van der Waals surface area contributed by atoms with Gasteiger partial charge in [-0.05, 0) is 56.7 Å². The highest BCUT2D eigenvalue weighted by Crippen LogP contribution is 2.25. The van der Waals surface area contributed by atoms with Gasteiger partial charge >= 0.3 is 0 Å². The Kier molecular flexibility index (Phi) is 8.51. The van der Waals surface area contributed by atoms with Crippen molar-refractivity contribution in [2.24, 2.45) is 0 Å². The average molecular weight is 419 g/mol. The van der Waals surface area contributed by atoms with Crippen LogP contribution in [-0.4, -0.2) is 34.0 Å². The van der Waals surface area contributed by atoms with Crippen LogP contribution in [0.5, 0.6) is 5.75 Å². The molecule has 0 aliphatic carbocycles. The molecule has 0 saturated carbocycles. The highest BCUT2D eigenvalue weighted by atomic mass is 32.2. The van der Waals surface area contributed by atoms with Gasteiger partial charge in [0.25, 0.3) is 15.9 Å². The number of carbonyl (C=O) groups excluding carboxylic acids is 1. The number of unbranched alkanes of at least 4 members (excludes halogenated alkanes) is 2. The van der Waals surface area contributed by atoms with Crippen LogP contribution in [0, 0.1) is 6.92 Å². The third-order valence-corrected chi connectivity index (χ3v) is 6.41. The third kappa shape index (κ3) is 6.49. The van der Waals surface area contributed by atoms with Crippen molar-refractivity contribution in [3.8, 4) is 5.75 Å². The number of nitrogens with zero attached hydrogens (tertiary/aromatic N) is 1. The average Bonchev–Trinajstić information content (AvgIpc) is 2.71. The molecule has 29 heavy (non-hydrogen) atoms. The van der Waals surface area contributed by atoms with E-state index in [0.717, 1.165) is 24.8 Å². The fourth-order valence-corrected chi connectivity index (χ4v) is 4.31. The molecule has 0 aliphatic heterocycles. The van der Waals surface area contributed by atoms with Crippen LogP contribution in [0.3, 0.4) is 0 Å². The zero-order valence-electron chi connectivity index (χ0n) is 17.3. The van der Waals surface area contributed by atoms with Crippen molar-refractivity contribution < 1.29 is 17.9 Å². The topological polar surface area (TPSA) is 75.7 Å². The van der Waals surface area contributed by atoms with Gasteiger partial charge in [-0.3, -0.25) is 9.10 Å². The third-order valence-electron chi connectivity index (χ3n) is 4.49. The number of anilines is 1. The molecule has 7 heteroatoms. The number of carbonyl (C=O) groups is 1. The maximum absolute atomic E-state index is 13.0. The fraction of sp³-hybridized carbons (Fsp3) is 0.409. The number of aryl methyl sites for hydroxylation is 1. The monoisotopic (exact) mass is 418 g/mol. The first-order valence-electron chi connectivity index (χ1n) is 9.97. The Morgan fingerprint density at radius 1 is 1.00 bits per heavy atom. The van der Waals surface area contributed by atoms with E-state index in [1.165, 1.54) is 4.31 Å². The van der Waals surface area contributed by atoms with E-state index >= 15 is 0 Å². The minimum atomic E-state index is -3.65. The van der Waals surface area contributed by atoms with E-state index < -0.39 is 10.0 Å². The Balaban J connectivity index is 2.00. The summed E-state index contributed by atoms with van der Waals surface area (Å²) < 4.78 is 32.8. The number of ether oxygens (including phenoxy) is 1. The summed E-state index contributed by atoms with van der Waals surface area (Å²) in [6.07, 6.45) is 3.15. The summed E-state index contributed by atoms with van der Waals surface area (Å²) in [7, 11) is -3.65. The van der Waals surface area contributed by atoms with E-state index in [0.29, 0.717) is 24.5 Å². The molecule has 0 radical (unpaired) electrons. The predicted molar refractivity (Wildman–Crippen MR) is 116 cm³/mol. The summed E-state index contributed by atoms with van der Waals surface area (Å²) in [6, 6.07) is 13.5. The van der Waals surface area contributed by atoms with Crippen molar-refractivity contribution in [2.75, 3.05) is 24.0 Å². The van der Waals surface area contributed by atoms with Gasteiger partial charge in [-0.15, -0.1) is 0 Å². The molecule has 2 aromatic rings. The normalized spacial score (nSPS) is 11.1. The number of sulfonamides is 1. The van der Waals surface area contributed by atoms with Crippen molar-refractivity contribution >= 4 is 21.6 Å². The number of hydrogen-bond donors (Lipinski definition) is 1. The Bertz CT molecular complexity index is 878. The van der Waals surface area contributed by atoms with Crippen LogP contribution < -0.4 is 14.4 Å². The highest BCUT2D eigenvalue weighted by Gasteiger charge is 2.23. The first kappa shape index (κ1) is 22.7. The minimum Gasteiger partial charge on any atom is -0.484 e. The summed E-state index contributed by atoms with van der Waals surface area (Å²) in [5, 5.41) is 2.82. The summed E-state index contributed by atoms with van der Waals surface area (Å²) >= 11 is 0. The molecule has 0 unspecified atom stereocenters. The van der Waals surface area contributed by atoms with Crippen LogP contribution >= 0.6 is 0 Å². The predicted octanol–water partition coefficient (Wildman–Crippen LogP) is 3.90. The van der Waals surface area contributed by atoms with Gasteiger partial charge in [-0.25, -0.2) is 8.42 Å². The van der Waals surface area contributed by atoms with Gasteiger partial charge in [0, 0.05) is 13.1 Å². The Hall–Kier alpha value is -2.54. The van der Waals surface area contributed by atoms with E-state index in [1.807, 2.05) is 6.92 Å². The molecule has 2 aromatic carbocycles. The summed E-state index contributed by atoms with van der Waals surface area (Å²) in [4.78, 5) is 12.0. The van der Waals surface area contributed by atoms with Crippen LogP contribution in [0.15, 0.2) is 53.4 Å². The van der Waals surface area contributed by atoms with Gasteiger partial charge in [0.15, 0.2) is 6.61 Å². The number of rotatable bonds is 11. The summed E-state index contributed by atoms with van der Waals surface area (Å²) in [5.74, 6) is 0.351. The first-order chi connectivity index (χ1) is 13.9. The van der Waals surface area contributed by atoms with Crippen molar-refractivity contribution in [3.63, 3.8) is 0 Å². The summed E-state index contributed by atoms with van der Waals surface area (Å²) in [5.41, 5.74) is 1.55. The lowest BCUT2D eigenvalue weighted by Crippen LogP contribution is -2.31. The lowest BCUT2D eigenvalue weighted by molar-refractivity contribution is -0.123. The molecule has 1 N–H and O–H groups in total. The highest BCUT2D eigenvalue weighted by molar-refractivity contribution is 7.92. The first-order valence-corrected chi connectivity index (χ1v) is 11.4. The van der Waals surface area contributed by atoms with E-state index in [2.05, 4.69) is 12.2 Å². The molecule has 0 aliphatic rings. The number of amides is 1. The fourth-order valence-electron chi connectivity index (χ4n) is 2.84. The van der Waals surface area contributed by atoms with E-state index in [4.69, 9.17) is 4.74 Å². The number of hydrogen-bond acceptors (Lipinski definition) is 4. The summed E-state index contributed by atoms with van der Waals surface area (Å²) in [6.45, 7) is 6.70. The zero-order valence-corrected chi connectivity index (χ0v) is 18.2. The van der Waals surface area contributed by atoms with E-state index in [1.54, 1.807) is 55.5 Å². The van der Waals surface area contributed by atoms with E-state index in [9.17, 15) is 13.2 Å². The van der Waals surface area contributed by atoms with Crippen LogP contribution in [0.1, 0.15) is 38.7 Å². The van der Waals surface area contributed by atoms with E-state index in [-0.39, 0.29) is 17.4 Å². The molecule has 2 rings (SSSR count). The number of nitrogens with one attached hydrogen (secondary N) is 1. The molecule has 158 valence electrons. The maximum Gasteiger partial charge on any atom is 0.264 e. The molecular formula is C22H30N2O4S. The molecule has 6 nitrogen and oxygen atoms in total. The van der Waals surface area contributed by atoms with Crippen LogP contribution in [-0.2, 0) is 14.8 Å². The second-order valence-electron chi connectivity index (χ2n) is 6.82. The molecule has 0 heterocycles. The van der Waals surface area contributed by atoms with Gasteiger partial charge < -0.3 is 10.1 Å². The Morgan fingerprint density at radius 3 is 2.24 bits per heavy atom. The van der Waals surface area contributed by atoms with Gasteiger partial charge in [0.2, 0.25) is 0 Å². The molecule has 1 amide bonds. The minimum absolute atomic E-state index is 0.0649. The second-order valence-corrected chi connectivity index (χ2v) is 8.68. The van der Waals surface area contributed by atoms with Crippen LogP contribution in [0.4, 0.5) is 5.69 Å². The molecule has 0 fully saturated rings. The lowest BCUT2D eigenvalue weighted by Gasteiger charge is -2.23. The van der Waals surface area contributed by atoms with Crippen molar-refractivity contribution in [3.05, 3.63) is 54.1 Å². The molecule has 0 bridgehead atoms. The van der Waals surface area contributed by atoms with Crippen molar-refractivity contribution in [2.45, 2.75) is 44.9 Å².